The SMILES string of the molecule is CC1CN(C(=O)C(C)(C)S(=O)(=O)C[C@@H](Cc2ccccc2)C(=O)O)CC(C)O1. The Labute approximate surface area is 166 Å². The molecule has 1 N–H and O–H groups in total. The number of rotatable bonds is 7. The van der Waals surface area contributed by atoms with Crippen LogP contribution in [0.5, 0.6) is 0 Å². The maximum Gasteiger partial charge on any atom is 0.307 e. The highest BCUT2D eigenvalue weighted by atomic mass is 32.2. The van der Waals surface area contributed by atoms with Crippen LogP contribution in [0.1, 0.15) is 33.3 Å². The molecule has 2 rings (SSSR count). The zero-order valence-electron chi connectivity index (χ0n) is 16.8. The number of carbonyl (C=O) groups is 2. The monoisotopic (exact) mass is 411 g/mol. The third-order valence-electron chi connectivity index (χ3n) is 5.09. The lowest BCUT2D eigenvalue weighted by Crippen LogP contribution is -2.57. The van der Waals surface area contributed by atoms with E-state index in [1.807, 2.05) is 19.9 Å². The van der Waals surface area contributed by atoms with Crippen molar-refractivity contribution in [1.29, 1.82) is 0 Å². The Balaban J connectivity index is 2.19. The summed E-state index contributed by atoms with van der Waals surface area (Å²) in [4.78, 5) is 26.2. The second kappa shape index (κ2) is 8.61. The minimum atomic E-state index is -4.02. The molecule has 28 heavy (non-hydrogen) atoms. The van der Waals surface area contributed by atoms with E-state index < -0.39 is 38.1 Å². The molecule has 1 aliphatic rings. The molecule has 0 saturated carbocycles. The Hall–Kier alpha value is -1.93. The molecular weight excluding hydrogens is 382 g/mol. The Kier molecular flexibility index (Phi) is 6.88. The Bertz CT molecular complexity index is 795. The summed E-state index contributed by atoms with van der Waals surface area (Å²) in [6, 6.07) is 8.88. The largest absolute Gasteiger partial charge is 0.481 e. The number of nitrogens with zero attached hydrogens (tertiary/aromatic N) is 1. The third-order valence-corrected chi connectivity index (χ3v) is 7.66. The fraction of sp³-hybridized carbons (Fsp3) is 0.600. The van der Waals surface area contributed by atoms with Gasteiger partial charge in [0.25, 0.3) is 0 Å². The van der Waals surface area contributed by atoms with Gasteiger partial charge in [-0.3, -0.25) is 9.59 Å². The van der Waals surface area contributed by atoms with Gasteiger partial charge in [-0.15, -0.1) is 0 Å². The first kappa shape index (κ1) is 22.4. The van der Waals surface area contributed by atoms with Crippen LogP contribution in [-0.2, 0) is 30.6 Å². The molecule has 1 fully saturated rings. The number of sulfone groups is 1. The normalized spacial score (nSPS) is 21.9. The molecule has 1 saturated heterocycles. The van der Waals surface area contributed by atoms with Crippen LogP contribution in [0, 0.1) is 5.92 Å². The van der Waals surface area contributed by atoms with Gasteiger partial charge >= 0.3 is 5.97 Å². The molecule has 8 heteroatoms. The predicted octanol–water partition coefficient (Wildman–Crippen LogP) is 1.76. The molecule has 0 aromatic heterocycles. The van der Waals surface area contributed by atoms with Crippen molar-refractivity contribution < 1.29 is 27.9 Å². The summed E-state index contributed by atoms with van der Waals surface area (Å²) < 4.78 is 30.0. The number of ether oxygens (including phenoxy) is 1. The maximum absolute atomic E-state index is 13.1. The number of amides is 1. The second-order valence-corrected chi connectivity index (χ2v) is 10.6. The number of carboxylic acid groups (broad SMARTS) is 1. The standard InChI is InChI=1S/C20H29NO6S/c1-14-11-21(12-15(2)27-14)19(24)20(3,4)28(25,26)13-17(18(22)23)10-16-8-6-5-7-9-16/h5-9,14-15,17H,10-13H2,1-4H3,(H,22,23)/t14?,15?,17-/m1/s1. The third kappa shape index (κ3) is 5.11. The molecule has 0 spiro atoms. The van der Waals surface area contributed by atoms with Crippen molar-refractivity contribution in [3.8, 4) is 0 Å². The van der Waals surface area contributed by atoms with Crippen LogP contribution in [0.2, 0.25) is 0 Å². The highest BCUT2D eigenvalue weighted by Gasteiger charge is 2.46. The van der Waals surface area contributed by atoms with Gasteiger partial charge in [-0.05, 0) is 39.7 Å². The first-order valence-electron chi connectivity index (χ1n) is 9.38. The van der Waals surface area contributed by atoms with E-state index in [9.17, 15) is 23.1 Å². The van der Waals surface area contributed by atoms with Gasteiger partial charge in [0, 0.05) is 13.1 Å². The summed E-state index contributed by atoms with van der Waals surface area (Å²) in [5, 5.41) is 9.54. The average molecular weight is 412 g/mol. The predicted molar refractivity (Wildman–Crippen MR) is 106 cm³/mol. The van der Waals surface area contributed by atoms with Gasteiger partial charge in [-0.1, -0.05) is 30.3 Å². The molecule has 3 atom stereocenters. The van der Waals surface area contributed by atoms with Crippen LogP contribution in [0.3, 0.4) is 0 Å². The number of carboxylic acids is 1. The van der Waals surface area contributed by atoms with E-state index in [-0.39, 0.29) is 18.6 Å². The van der Waals surface area contributed by atoms with Crippen LogP contribution in [0.15, 0.2) is 30.3 Å². The van der Waals surface area contributed by atoms with Crippen molar-refractivity contribution in [3.05, 3.63) is 35.9 Å². The van der Waals surface area contributed by atoms with Gasteiger partial charge in [-0.2, -0.15) is 0 Å². The lowest BCUT2D eigenvalue weighted by Gasteiger charge is -2.39. The molecule has 2 unspecified atom stereocenters. The topological polar surface area (TPSA) is 101 Å². The zero-order valence-corrected chi connectivity index (χ0v) is 17.6. The summed E-state index contributed by atoms with van der Waals surface area (Å²) in [6.45, 7) is 7.01. The van der Waals surface area contributed by atoms with E-state index in [4.69, 9.17) is 4.74 Å². The smallest absolute Gasteiger partial charge is 0.307 e. The lowest BCUT2D eigenvalue weighted by molar-refractivity contribution is -0.145. The Morgan fingerprint density at radius 2 is 1.71 bits per heavy atom. The first-order chi connectivity index (χ1) is 12.9. The van der Waals surface area contributed by atoms with Crippen molar-refractivity contribution >= 4 is 21.7 Å². The van der Waals surface area contributed by atoms with E-state index in [1.165, 1.54) is 18.7 Å². The molecule has 156 valence electrons. The van der Waals surface area contributed by atoms with E-state index >= 15 is 0 Å². The van der Waals surface area contributed by atoms with Crippen molar-refractivity contribution in [2.75, 3.05) is 18.8 Å². The fourth-order valence-corrected chi connectivity index (χ4v) is 5.05. The van der Waals surface area contributed by atoms with Gasteiger partial charge in [0.1, 0.15) is 4.75 Å². The van der Waals surface area contributed by atoms with Gasteiger partial charge in [0.05, 0.1) is 23.9 Å². The van der Waals surface area contributed by atoms with E-state index in [1.54, 1.807) is 24.3 Å². The fourth-order valence-electron chi connectivity index (χ4n) is 3.45. The molecule has 0 bridgehead atoms. The average Bonchev–Trinajstić information content (AvgIpc) is 2.60. The van der Waals surface area contributed by atoms with Crippen molar-refractivity contribution in [2.45, 2.75) is 51.1 Å². The number of hydrogen-bond acceptors (Lipinski definition) is 5. The maximum atomic E-state index is 13.1. The summed E-state index contributed by atoms with van der Waals surface area (Å²) in [5.41, 5.74) is 0.741. The lowest BCUT2D eigenvalue weighted by atomic mass is 10.0. The number of hydrogen-bond donors (Lipinski definition) is 1. The molecule has 0 aliphatic carbocycles. The van der Waals surface area contributed by atoms with Crippen molar-refractivity contribution in [1.82, 2.24) is 4.90 Å². The van der Waals surface area contributed by atoms with Crippen molar-refractivity contribution in [2.24, 2.45) is 5.92 Å². The van der Waals surface area contributed by atoms with Crippen LogP contribution in [0.4, 0.5) is 0 Å². The summed E-state index contributed by atoms with van der Waals surface area (Å²) in [7, 11) is -4.02. The summed E-state index contributed by atoms with van der Waals surface area (Å²) >= 11 is 0. The van der Waals surface area contributed by atoms with Crippen LogP contribution < -0.4 is 0 Å². The molecule has 1 heterocycles. The highest BCUT2D eigenvalue weighted by Crippen LogP contribution is 2.26. The van der Waals surface area contributed by atoms with Crippen LogP contribution in [0.25, 0.3) is 0 Å². The van der Waals surface area contributed by atoms with E-state index in [0.717, 1.165) is 5.56 Å². The Morgan fingerprint density at radius 1 is 1.18 bits per heavy atom. The molecule has 7 nitrogen and oxygen atoms in total. The number of carbonyl (C=O) groups excluding carboxylic acids is 1. The zero-order chi connectivity index (χ0) is 21.1. The molecule has 1 amide bonds. The first-order valence-corrected chi connectivity index (χ1v) is 11.0. The minimum Gasteiger partial charge on any atom is -0.481 e. The van der Waals surface area contributed by atoms with Crippen molar-refractivity contribution in [3.63, 3.8) is 0 Å². The van der Waals surface area contributed by atoms with E-state index in [0.29, 0.717) is 13.1 Å². The molecule has 1 aromatic rings. The van der Waals surface area contributed by atoms with Crippen LogP contribution >= 0.6 is 0 Å². The summed E-state index contributed by atoms with van der Waals surface area (Å²) in [5.74, 6) is -3.42. The van der Waals surface area contributed by atoms with Gasteiger partial charge < -0.3 is 14.7 Å². The highest BCUT2D eigenvalue weighted by molar-refractivity contribution is 7.93. The Morgan fingerprint density at radius 3 is 2.21 bits per heavy atom. The number of aliphatic carboxylic acids is 1. The van der Waals surface area contributed by atoms with Crippen LogP contribution in [-0.4, -0.2) is 66.1 Å². The van der Waals surface area contributed by atoms with Gasteiger partial charge in [0.2, 0.25) is 5.91 Å². The molecule has 1 aliphatic heterocycles. The molecular formula is C20H29NO6S. The number of benzene rings is 1. The second-order valence-electron chi connectivity index (χ2n) is 7.98. The van der Waals surface area contributed by atoms with E-state index in [2.05, 4.69) is 0 Å². The quantitative estimate of drug-likeness (QED) is 0.734. The molecule has 1 aromatic carbocycles. The summed E-state index contributed by atoms with van der Waals surface area (Å²) in [6.07, 6.45) is -0.280. The van der Waals surface area contributed by atoms with Gasteiger partial charge in [-0.25, -0.2) is 8.42 Å². The minimum absolute atomic E-state index is 0.0886. The van der Waals surface area contributed by atoms with Gasteiger partial charge in [0.15, 0.2) is 9.84 Å². The molecule has 0 radical (unpaired) electrons. The number of morpholine rings is 1.